The Labute approximate surface area is 79.5 Å². The summed E-state index contributed by atoms with van der Waals surface area (Å²) in [5, 5.41) is 0. The van der Waals surface area contributed by atoms with Crippen molar-refractivity contribution < 1.29 is 9.47 Å². The molecule has 0 bridgehead atoms. The third-order valence-corrected chi connectivity index (χ3v) is 2.08. The van der Waals surface area contributed by atoms with E-state index >= 15 is 0 Å². The summed E-state index contributed by atoms with van der Waals surface area (Å²) in [4.78, 5) is 0. The average Bonchev–Trinajstić information content (AvgIpc) is 2.19. The van der Waals surface area contributed by atoms with Gasteiger partial charge in [0.2, 0.25) is 0 Å². The number of benzene rings is 1. The van der Waals surface area contributed by atoms with Crippen LogP contribution in [0.2, 0.25) is 0 Å². The van der Waals surface area contributed by atoms with E-state index in [1.54, 1.807) is 14.2 Å². The normalized spacial score (nSPS) is 12.5. The number of methoxy groups -OCH3 is 2. The lowest BCUT2D eigenvalue weighted by molar-refractivity contribution is 0.119. The second-order valence-electron chi connectivity index (χ2n) is 3.10. The standard InChI is InChI=1S/C11H16O2/c1-9(12-2)8-10-4-6-11(13-3)7-5-10/h4-7,9H,8H2,1-3H3/t9-/m1/s1. The first-order valence-electron chi connectivity index (χ1n) is 4.42. The third kappa shape index (κ3) is 3.07. The van der Waals surface area contributed by atoms with Crippen molar-refractivity contribution in [3.63, 3.8) is 0 Å². The van der Waals surface area contributed by atoms with Gasteiger partial charge in [-0.15, -0.1) is 0 Å². The molecule has 0 aromatic heterocycles. The maximum Gasteiger partial charge on any atom is 0.118 e. The molecule has 0 aliphatic carbocycles. The third-order valence-electron chi connectivity index (χ3n) is 2.08. The Morgan fingerprint density at radius 3 is 2.23 bits per heavy atom. The fourth-order valence-corrected chi connectivity index (χ4v) is 1.18. The van der Waals surface area contributed by atoms with Crippen LogP contribution in [-0.4, -0.2) is 20.3 Å². The van der Waals surface area contributed by atoms with Gasteiger partial charge >= 0.3 is 0 Å². The van der Waals surface area contributed by atoms with Crippen LogP contribution in [0.4, 0.5) is 0 Å². The molecule has 0 fully saturated rings. The molecule has 0 saturated heterocycles. The van der Waals surface area contributed by atoms with Crippen molar-refractivity contribution in [3.8, 4) is 5.75 Å². The molecule has 0 aliphatic rings. The van der Waals surface area contributed by atoms with Gasteiger partial charge in [-0.05, 0) is 31.0 Å². The lowest BCUT2D eigenvalue weighted by Gasteiger charge is -2.09. The summed E-state index contributed by atoms with van der Waals surface area (Å²) in [6.45, 7) is 2.06. The van der Waals surface area contributed by atoms with Gasteiger partial charge in [0.25, 0.3) is 0 Å². The van der Waals surface area contributed by atoms with Crippen LogP contribution in [0.5, 0.6) is 5.75 Å². The smallest absolute Gasteiger partial charge is 0.118 e. The highest BCUT2D eigenvalue weighted by atomic mass is 16.5. The zero-order chi connectivity index (χ0) is 9.68. The molecule has 0 amide bonds. The summed E-state index contributed by atoms with van der Waals surface area (Å²) in [7, 11) is 3.40. The van der Waals surface area contributed by atoms with E-state index in [2.05, 4.69) is 19.1 Å². The second kappa shape index (κ2) is 4.87. The van der Waals surface area contributed by atoms with Crippen LogP contribution in [0.15, 0.2) is 24.3 Å². The number of hydrogen-bond acceptors (Lipinski definition) is 2. The SMILES string of the molecule is COc1ccc(C[C@@H](C)OC)cc1. The van der Waals surface area contributed by atoms with Crippen molar-refractivity contribution in [2.75, 3.05) is 14.2 Å². The molecular weight excluding hydrogens is 164 g/mol. The van der Waals surface area contributed by atoms with E-state index in [0.29, 0.717) is 0 Å². The van der Waals surface area contributed by atoms with Gasteiger partial charge in [0, 0.05) is 7.11 Å². The Morgan fingerprint density at radius 1 is 1.15 bits per heavy atom. The molecule has 13 heavy (non-hydrogen) atoms. The lowest BCUT2D eigenvalue weighted by atomic mass is 10.1. The molecule has 1 atom stereocenters. The quantitative estimate of drug-likeness (QED) is 0.707. The summed E-state index contributed by atoms with van der Waals surface area (Å²) < 4.78 is 10.2. The first-order valence-corrected chi connectivity index (χ1v) is 4.42. The van der Waals surface area contributed by atoms with Crippen molar-refractivity contribution in [2.45, 2.75) is 19.4 Å². The van der Waals surface area contributed by atoms with Crippen LogP contribution in [0.25, 0.3) is 0 Å². The molecule has 1 aromatic carbocycles. The average molecular weight is 180 g/mol. The lowest BCUT2D eigenvalue weighted by Crippen LogP contribution is -2.08. The molecular formula is C11H16O2. The van der Waals surface area contributed by atoms with Crippen molar-refractivity contribution in [1.29, 1.82) is 0 Å². The molecule has 0 radical (unpaired) electrons. The molecule has 0 heterocycles. The van der Waals surface area contributed by atoms with Gasteiger partial charge in [-0.2, -0.15) is 0 Å². The van der Waals surface area contributed by atoms with Crippen molar-refractivity contribution >= 4 is 0 Å². The Kier molecular flexibility index (Phi) is 3.77. The van der Waals surface area contributed by atoms with Gasteiger partial charge in [-0.3, -0.25) is 0 Å². The molecule has 72 valence electrons. The molecule has 1 aromatic rings. The second-order valence-corrected chi connectivity index (χ2v) is 3.10. The summed E-state index contributed by atoms with van der Waals surface area (Å²) in [5.74, 6) is 0.897. The Balaban J connectivity index is 2.58. The Morgan fingerprint density at radius 2 is 1.77 bits per heavy atom. The van der Waals surface area contributed by atoms with Gasteiger partial charge < -0.3 is 9.47 Å². The minimum Gasteiger partial charge on any atom is -0.497 e. The Hall–Kier alpha value is -1.02. The van der Waals surface area contributed by atoms with E-state index in [1.165, 1.54) is 5.56 Å². The fourth-order valence-electron chi connectivity index (χ4n) is 1.18. The summed E-state index contributed by atoms with van der Waals surface area (Å²) in [5.41, 5.74) is 1.27. The number of ether oxygens (including phenoxy) is 2. The topological polar surface area (TPSA) is 18.5 Å². The summed E-state index contributed by atoms with van der Waals surface area (Å²) in [6.07, 6.45) is 1.22. The van der Waals surface area contributed by atoms with Crippen LogP contribution in [0.1, 0.15) is 12.5 Å². The Bertz CT molecular complexity index is 241. The van der Waals surface area contributed by atoms with Gasteiger partial charge in [0.15, 0.2) is 0 Å². The predicted octanol–water partition coefficient (Wildman–Crippen LogP) is 2.27. The zero-order valence-corrected chi connectivity index (χ0v) is 8.41. The van der Waals surface area contributed by atoms with Gasteiger partial charge in [-0.1, -0.05) is 12.1 Å². The molecule has 0 aliphatic heterocycles. The number of hydrogen-bond donors (Lipinski definition) is 0. The highest BCUT2D eigenvalue weighted by Crippen LogP contribution is 2.13. The maximum absolute atomic E-state index is 5.18. The zero-order valence-electron chi connectivity index (χ0n) is 8.41. The van der Waals surface area contributed by atoms with Crippen LogP contribution in [-0.2, 0) is 11.2 Å². The van der Waals surface area contributed by atoms with Crippen LogP contribution >= 0.6 is 0 Å². The van der Waals surface area contributed by atoms with E-state index in [4.69, 9.17) is 9.47 Å². The molecule has 0 N–H and O–H groups in total. The van der Waals surface area contributed by atoms with E-state index in [1.807, 2.05) is 12.1 Å². The molecule has 0 saturated carbocycles. The van der Waals surface area contributed by atoms with E-state index < -0.39 is 0 Å². The molecule has 2 nitrogen and oxygen atoms in total. The van der Waals surface area contributed by atoms with Crippen molar-refractivity contribution in [1.82, 2.24) is 0 Å². The van der Waals surface area contributed by atoms with Crippen molar-refractivity contribution in [3.05, 3.63) is 29.8 Å². The van der Waals surface area contributed by atoms with E-state index in [0.717, 1.165) is 12.2 Å². The monoisotopic (exact) mass is 180 g/mol. The van der Waals surface area contributed by atoms with E-state index in [9.17, 15) is 0 Å². The van der Waals surface area contributed by atoms with E-state index in [-0.39, 0.29) is 6.10 Å². The minimum absolute atomic E-state index is 0.272. The first-order chi connectivity index (χ1) is 6.26. The van der Waals surface area contributed by atoms with Crippen LogP contribution < -0.4 is 4.74 Å². The van der Waals surface area contributed by atoms with Gasteiger partial charge in [0.05, 0.1) is 13.2 Å². The predicted molar refractivity (Wildman–Crippen MR) is 53.2 cm³/mol. The molecule has 0 spiro atoms. The fraction of sp³-hybridized carbons (Fsp3) is 0.455. The molecule has 1 rings (SSSR count). The van der Waals surface area contributed by atoms with Crippen LogP contribution in [0, 0.1) is 0 Å². The molecule has 2 heteroatoms. The summed E-state index contributed by atoms with van der Waals surface area (Å²) in [6, 6.07) is 8.07. The van der Waals surface area contributed by atoms with Crippen molar-refractivity contribution in [2.24, 2.45) is 0 Å². The largest absolute Gasteiger partial charge is 0.497 e. The summed E-state index contributed by atoms with van der Waals surface area (Å²) >= 11 is 0. The van der Waals surface area contributed by atoms with Gasteiger partial charge in [-0.25, -0.2) is 0 Å². The van der Waals surface area contributed by atoms with Crippen LogP contribution in [0.3, 0.4) is 0 Å². The van der Waals surface area contributed by atoms with Gasteiger partial charge in [0.1, 0.15) is 5.75 Å². The maximum atomic E-state index is 5.18. The highest BCUT2D eigenvalue weighted by molar-refractivity contribution is 5.27. The molecule has 0 unspecified atom stereocenters. The number of rotatable bonds is 4. The minimum atomic E-state index is 0.272. The first kappa shape index (κ1) is 10.1. The highest BCUT2D eigenvalue weighted by Gasteiger charge is 2.01.